The van der Waals surface area contributed by atoms with Crippen LogP contribution in [0.15, 0.2) is 56.9 Å². The molecule has 1 amide bonds. The zero-order valence-corrected chi connectivity index (χ0v) is 19.0. The van der Waals surface area contributed by atoms with Crippen molar-refractivity contribution in [1.29, 1.82) is 0 Å². The molecule has 1 N–H and O–H groups in total. The van der Waals surface area contributed by atoms with Gasteiger partial charge in [0.2, 0.25) is 5.91 Å². The van der Waals surface area contributed by atoms with Gasteiger partial charge in [-0.2, -0.15) is 0 Å². The molecule has 0 saturated carbocycles. The summed E-state index contributed by atoms with van der Waals surface area (Å²) in [6.45, 7) is 2.47. The molecule has 1 atom stereocenters. The van der Waals surface area contributed by atoms with Crippen molar-refractivity contribution in [3.63, 3.8) is 0 Å². The first-order chi connectivity index (χ1) is 13.9. The SMILES string of the molecule is COCCn1c(SC(C)C(=O)Nc2cccc(Cl)c2)nc2ccc(Br)cc2c1=O. The van der Waals surface area contributed by atoms with Crippen molar-refractivity contribution < 1.29 is 9.53 Å². The first-order valence-electron chi connectivity index (χ1n) is 8.81. The number of halogens is 2. The minimum absolute atomic E-state index is 0.168. The van der Waals surface area contributed by atoms with E-state index in [2.05, 4.69) is 26.2 Å². The third kappa shape index (κ3) is 5.39. The van der Waals surface area contributed by atoms with E-state index in [0.29, 0.717) is 39.9 Å². The number of nitrogens with zero attached hydrogens (tertiary/aromatic N) is 2. The van der Waals surface area contributed by atoms with Crippen molar-refractivity contribution in [3.05, 3.63) is 62.3 Å². The highest BCUT2D eigenvalue weighted by atomic mass is 79.9. The lowest BCUT2D eigenvalue weighted by Crippen LogP contribution is -2.28. The maximum atomic E-state index is 13.0. The van der Waals surface area contributed by atoms with Crippen LogP contribution in [-0.2, 0) is 16.1 Å². The van der Waals surface area contributed by atoms with E-state index in [4.69, 9.17) is 16.3 Å². The molecule has 2 aromatic carbocycles. The van der Waals surface area contributed by atoms with Gasteiger partial charge in [0.15, 0.2) is 5.16 Å². The van der Waals surface area contributed by atoms with Crippen molar-refractivity contribution in [2.45, 2.75) is 23.9 Å². The molecular weight excluding hydrogens is 478 g/mol. The quantitative estimate of drug-likeness (QED) is 0.383. The molecule has 152 valence electrons. The van der Waals surface area contributed by atoms with Gasteiger partial charge in [-0.3, -0.25) is 14.2 Å². The van der Waals surface area contributed by atoms with Crippen molar-refractivity contribution in [1.82, 2.24) is 9.55 Å². The third-order valence-corrected chi connectivity index (χ3v) is 5.96. The van der Waals surface area contributed by atoms with E-state index in [-0.39, 0.29) is 11.5 Å². The number of nitrogens with one attached hydrogen (secondary N) is 1. The number of carbonyl (C=O) groups excluding carboxylic acids is 1. The molecule has 3 rings (SSSR count). The largest absolute Gasteiger partial charge is 0.383 e. The van der Waals surface area contributed by atoms with Crippen LogP contribution in [0.2, 0.25) is 5.02 Å². The number of carbonyl (C=O) groups is 1. The molecule has 1 heterocycles. The second-order valence-electron chi connectivity index (χ2n) is 6.27. The molecule has 6 nitrogen and oxygen atoms in total. The summed E-state index contributed by atoms with van der Waals surface area (Å²) in [6, 6.07) is 12.3. The Hall–Kier alpha value is -1.87. The van der Waals surface area contributed by atoms with Crippen LogP contribution in [0, 0.1) is 0 Å². The Kier molecular flexibility index (Phi) is 7.34. The van der Waals surface area contributed by atoms with Gasteiger partial charge < -0.3 is 10.1 Å². The van der Waals surface area contributed by atoms with E-state index in [1.807, 2.05) is 6.07 Å². The van der Waals surface area contributed by atoms with Crippen LogP contribution in [0.4, 0.5) is 5.69 Å². The van der Waals surface area contributed by atoms with Crippen molar-refractivity contribution in [2.75, 3.05) is 19.0 Å². The van der Waals surface area contributed by atoms with E-state index in [9.17, 15) is 9.59 Å². The van der Waals surface area contributed by atoms with E-state index < -0.39 is 5.25 Å². The molecule has 0 aliphatic rings. The molecule has 1 aromatic heterocycles. The van der Waals surface area contributed by atoms with Gasteiger partial charge in [0.25, 0.3) is 5.56 Å². The van der Waals surface area contributed by atoms with Gasteiger partial charge in [0.05, 0.1) is 29.3 Å². The molecule has 3 aromatic rings. The minimum atomic E-state index is -0.484. The number of aromatic nitrogens is 2. The topological polar surface area (TPSA) is 73.2 Å². The number of amides is 1. The Balaban J connectivity index is 1.90. The third-order valence-electron chi connectivity index (χ3n) is 4.14. The van der Waals surface area contributed by atoms with Crippen LogP contribution in [0.5, 0.6) is 0 Å². The molecule has 0 bridgehead atoms. The summed E-state index contributed by atoms with van der Waals surface area (Å²) in [6.07, 6.45) is 0. The fourth-order valence-electron chi connectivity index (χ4n) is 2.66. The average Bonchev–Trinajstić information content (AvgIpc) is 2.68. The van der Waals surface area contributed by atoms with Gasteiger partial charge in [0.1, 0.15) is 0 Å². The second-order valence-corrected chi connectivity index (χ2v) is 8.93. The molecule has 9 heteroatoms. The molecule has 29 heavy (non-hydrogen) atoms. The van der Waals surface area contributed by atoms with Crippen molar-refractivity contribution >= 4 is 61.8 Å². The van der Waals surface area contributed by atoms with Crippen molar-refractivity contribution in [2.24, 2.45) is 0 Å². The zero-order valence-electron chi connectivity index (χ0n) is 15.8. The molecule has 1 unspecified atom stereocenters. The van der Waals surface area contributed by atoms with Gasteiger partial charge >= 0.3 is 0 Å². The van der Waals surface area contributed by atoms with E-state index >= 15 is 0 Å². The number of hydrogen-bond acceptors (Lipinski definition) is 5. The first-order valence-corrected chi connectivity index (χ1v) is 10.9. The average molecular weight is 497 g/mol. The smallest absolute Gasteiger partial charge is 0.262 e. The van der Waals surface area contributed by atoms with Crippen molar-refractivity contribution in [3.8, 4) is 0 Å². The van der Waals surface area contributed by atoms with E-state index in [0.717, 1.165) is 4.47 Å². The zero-order chi connectivity index (χ0) is 21.0. The standard InChI is InChI=1S/C20H19BrClN3O3S/c1-12(18(26)23-15-5-3-4-14(22)11-15)29-20-24-17-7-6-13(21)10-16(17)19(27)25(20)8-9-28-2/h3-7,10-12H,8-9H2,1-2H3,(H,23,26). The number of benzene rings is 2. The van der Waals surface area contributed by atoms with Crippen LogP contribution < -0.4 is 10.9 Å². The maximum absolute atomic E-state index is 13.0. The van der Waals surface area contributed by atoms with Gasteiger partial charge in [-0.25, -0.2) is 4.98 Å². The molecule has 0 saturated heterocycles. The first kappa shape index (κ1) is 21.8. The number of thioether (sulfide) groups is 1. The normalized spacial score (nSPS) is 12.1. The number of anilines is 1. The lowest BCUT2D eigenvalue weighted by molar-refractivity contribution is -0.115. The summed E-state index contributed by atoms with van der Waals surface area (Å²) >= 11 is 10.6. The second kappa shape index (κ2) is 9.75. The highest BCUT2D eigenvalue weighted by Crippen LogP contribution is 2.25. The molecule has 0 radical (unpaired) electrons. The molecule has 0 aliphatic heterocycles. The Morgan fingerprint density at radius 3 is 2.86 bits per heavy atom. The predicted octanol–water partition coefficient (Wildman–Crippen LogP) is 4.58. The van der Waals surface area contributed by atoms with Gasteiger partial charge in [-0.1, -0.05) is 45.4 Å². The van der Waals surface area contributed by atoms with Gasteiger partial charge in [0, 0.05) is 22.3 Å². The Morgan fingerprint density at radius 1 is 1.34 bits per heavy atom. The van der Waals surface area contributed by atoms with Crippen LogP contribution in [0.25, 0.3) is 10.9 Å². The summed E-state index contributed by atoms with van der Waals surface area (Å²) < 4.78 is 7.49. The van der Waals surface area contributed by atoms with E-state index in [1.165, 1.54) is 11.8 Å². The fourth-order valence-corrected chi connectivity index (χ4v) is 4.15. The number of rotatable bonds is 7. The molecule has 0 spiro atoms. The van der Waals surface area contributed by atoms with E-state index in [1.54, 1.807) is 55.0 Å². The lowest BCUT2D eigenvalue weighted by Gasteiger charge is -2.16. The Labute approximate surface area is 185 Å². The Morgan fingerprint density at radius 2 is 2.14 bits per heavy atom. The van der Waals surface area contributed by atoms with Crippen LogP contribution >= 0.6 is 39.3 Å². The summed E-state index contributed by atoms with van der Waals surface area (Å²) in [4.78, 5) is 30.3. The summed E-state index contributed by atoms with van der Waals surface area (Å²) in [7, 11) is 1.57. The monoisotopic (exact) mass is 495 g/mol. The lowest BCUT2D eigenvalue weighted by atomic mass is 10.2. The number of hydrogen-bond donors (Lipinski definition) is 1. The maximum Gasteiger partial charge on any atom is 0.262 e. The number of methoxy groups -OCH3 is 1. The number of fused-ring (bicyclic) bond motifs is 1. The highest BCUT2D eigenvalue weighted by molar-refractivity contribution is 9.10. The minimum Gasteiger partial charge on any atom is -0.383 e. The number of ether oxygens (including phenoxy) is 1. The highest BCUT2D eigenvalue weighted by Gasteiger charge is 2.20. The van der Waals surface area contributed by atoms with Crippen LogP contribution in [-0.4, -0.2) is 34.4 Å². The summed E-state index contributed by atoms with van der Waals surface area (Å²) in [5.41, 5.74) is 1.03. The van der Waals surface area contributed by atoms with Crippen LogP contribution in [0.3, 0.4) is 0 Å². The molecular formula is C20H19BrClN3O3S. The van der Waals surface area contributed by atoms with Crippen LogP contribution in [0.1, 0.15) is 6.92 Å². The van der Waals surface area contributed by atoms with Gasteiger partial charge in [-0.05, 0) is 43.3 Å². The summed E-state index contributed by atoms with van der Waals surface area (Å²) in [5.74, 6) is -0.208. The Bertz CT molecular complexity index is 1110. The molecule has 0 aliphatic carbocycles. The fraction of sp³-hybridized carbons (Fsp3) is 0.250. The summed E-state index contributed by atoms with van der Waals surface area (Å²) in [5, 5.41) is 3.87. The molecule has 0 fully saturated rings. The predicted molar refractivity (Wildman–Crippen MR) is 121 cm³/mol. The van der Waals surface area contributed by atoms with Gasteiger partial charge in [-0.15, -0.1) is 0 Å².